The van der Waals surface area contributed by atoms with Gasteiger partial charge in [0.2, 0.25) is 0 Å². The van der Waals surface area contributed by atoms with E-state index in [1.807, 2.05) is 0 Å². The maximum absolute atomic E-state index is 12.0. The average molecular weight is 282 g/mol. The zero-order valence-corrected chi connectivity index (χ0v) is 12.0. The zero-order valence-electron chi connectivity index (χ0n) is 11.3. The molecule has 1 aliphatic heterocycles. The number of halogens is 1. The number of carbonyl (C=O) groups is 1. The number of ether oxygens (including phenoxy) is 1. The van der Waals surface area contributed by atoms with Gasteiger partial charge in [0.25, 0.3) is 0 Å². The first-order valence-electron chi connectivity index (χ1n) is 6.73. The van der Waals surface area contributed by atoms with E-state index in [1.54, 1.807) is 24.3 Å². The van der Waals surface area contributed by atoms with Crippen LogP contribution in [0, 0.1) is 0 Å². The van der Waals surface area contributed by atoms with Crippen molar-refractivity contribution in [2.75, 3.05) is 26.8 Å². The van der Waals surface area contributed by atoms with Crippen LogP contribution in [0.5, 0.6) is 0 Å². The van der Waals surface area contributed by atoms with Gasteiger partial charge in [0.1, 0.15) is 0 Å². The summed E-state index contributed by atoms with van der Waals surface area (Å²) in [4.78, 5) is 14.3. The van der Waals surface area contributed by atoms with Crippen LogP contribution < -0.4 is 0 Å². The van der Waals surface area contributed by atoms with E-state index in [0.717, 1.165) is 38.2 Å². The molecule has 3 nitrogen and oxygen atoms in total. The molecule has 1 fully saturated rings. The number of rotatable bonds is 5. The van der Waals surface area contributed by atoms with Crippen molar-refractivity contribution in [3.63, 3.8) is 0 Å². The number of ketones is 1. The molecule has 0 bridgehead atoms. The lowest BCUT2D eigenvalue weighted by Crippen LogP contribution is -2.37. The molecule has 2 rings (SSSR count). The Morgan fingerprint density at radius 2 is 1.95 bits per heavy atom. The number of benzene rings is 1. The van der Waals surface area contributed by atoms with Crippen molar-refractivity contribution in [1.82, 2.24) is 4.90 Å². The Hall–Kier alpha value is -0.900. The monoisotopic (exact) mass is 281 g/mol. The molecular formula is C15H20ClNO2. The van der Waals surface area contributed by atoms with Gasteiger partial charge in [-0.2, -0.15) is 0 Å². The molecule has 0 aliphatic carbocycles. The number of hydrogen-bond donors (Lipinski definition) is 0. The fourth-order valence-electron chi connectivity index (χ4n) is 2.37. The Bertz CT molecular complexity index is 413. The molecule has 0 unspecified atom stereocenters. The van der Waals surface area contributed by atoms with Crippen LogP contribution in [0.25, 0.3) is 0 Å². The van der Waals surface area contributed by atoms with E-state index in [0.29, 0.717) is 17.5 Å². The van der Waals surface area contributed by atoms with Crippen LogP contribution in [0.3, 0.4) is 0 Å². The zero-order chi connectivity index (χ0) is 13.7. The van der Waals surface area contributed by atoms with Crippen molar-refractivity contribution < 1.29 is 9.53 Å². The lowest BCUT2D eigenvalue weighted by Gasteiger charge is -2.30. The highest BCUT2D eigenvalue weighted by Crippen LogP contribution is 2.15. The van der Waals surface area contributed by atoms with E-state index in [1.165, 1.54) is 0 Å². The van der Waals surface area contributed by atoms with Crippen LogP contribution in [0.4, 0.5) is 0 Å². The smallest absolute Gasteiger partial charge is 0.164 e. The van der Waals surface area contributed by atoms with Crippen molar-refractivity contribution in [3.05, 3.63) is 34.9 Å². The molecule has 0 amide bonds. The lowest BCUT2D eigenvalue weighted by molar-refractivity contribution is 0.0425. The summed E-state index contributed by atoms with van der Waals surface area (Å²) >= 11 is 5.81. The van der Waals surface area contributed by atoms with Crippen molar-refractivity contribution in [3.8, 4) is 0 Å². The third-order valence-corrected chi connectivity index (χ3v) is 3.92. The second kappa shape index (κ2) is 7.04. The first kappa shape index (κ1) is 14.5. The fraction of sp³-hybridized carbons (Fsp3) is 0.533. The fourth-order valence-corrected chi connectivity index (χ4v) is 2.49. The summed E-state index contributed by atoms with van der Waals surface area (Å²) in [7, 11) is 2.09. The minimum Gasteiger partial charge on any atom is -0.381 e. The molecule has 104 valence electrons. The largest absolute Gasteiger partial charge is 0.381 e. The van der Waals surface area contributed by atoms with E-state index < -0.39 is 0 Å². The first-order chi connectivity index (χ1) is 9.16. The molecule has 1 saturated heterocycles. The SMILES string of the molecule is CN(CCC(=O)c1ccc(Cl)cc1)C1CCOCC1. The number of carbonyl (C=O) groups excluding carboxylic acids is 1. The summed E-state index contributed by atoms with van der Waals surface area (Å²) in [6, 6.07) is 7.65. The van der Waals surface area contributed by atoms with Gasteiger partial charge < -0.3 is 9.64 Å². The van der Waals surface area contributed by atoms with Gasteiger partial charge in [-0.15, -0.1) is 0 Å². The molecule has 0 spiro atoms. The molecule has 1 heterocycles. The Morgan fingerprint density at radius 1 is 1.32 bits per heavy atom. The van der Waals surface area contributed by atoms with Gasteiger partial charge in [-0.25, -0.2) is 0 Å². The van der Waals surface area contributed by atoms with Crippen LogP contribution in [0.15, 0.2) is 24.3 Å². The van der Waals surface area contributed by atoms with Crippen molar-refractivity contribution in [2.24, 2.45) is 0 Å². The number of Topliss-reactive ketones (excluding diaryl/α,β-unsaturated/α-hetero) is 1. The van der Waals surface area contributed by atoms with Gasteiger partial charge in [0, 0.05) is 42.8 Å². The topological polar surface area (TPSA) is 29.5 Å². The molecule has 0 radical (unpaired) electrons. The third kappa shape index (κ3) is 4.30. The molecule has 1 aliphatic rings. The molecule has 0 atom stereocenters. The van der Waals surface area contributed by atoms with Crippen LogP contribution in [-0.2, 0) is 4.74 Å². The normalized spacial score (nSPS) is 16.8. The molecule has 1 aromatic carbocycles. The maximum atomic E-state index is 12.0. The lowest BCUT2D eigenvalue weighted by atomic mass is 10.1. The molecule has 0 saturated carbocycles. The van der Waals surface area contributed by atoms with Gasteiger partial charge in [-0.3, -0.25) is 4.79 Å². The number of hydrogen-bond acceptors (Lipinski definition) is 3. The molecule has 4 heteroatoms. The predicted octanol–water partition coefficient (Wildman–Crippen LogP) is 3.02. The van der Waals surface area contributed by atoms with E-state index in [4.69, 9.17) is 16.3 Å². The summed E-state index contributed by atoms with van der Waals surface area (Å²) < 4.78 is 5.35. The summed E-state index contributed by atoms with van der Waals surface area (Å²) in [5.74, 6) is 0.176. The van der Waals surface area contributed by atoms with Crippen LogP contribution in [0.2, 0.25) is 5.02 Å². The number of nitrogens with zero attached hydrogens (tertiary/aromatic N) is 1. The van der Waals surface area contributed by atoms with Crippen LogP contribution in [0.1, 0.15) is 29.6 Å². The third-order valence-electron chi connectivity index (χ3n) is 3.67. The molecule has 0 N–H and O–H groups in total. The van der Waals surface area contributed by atoms with Crippen molar-refractivity contribution in [2.45, 2.75) is 25.3 Å². The minimum absolute atomic E-state index is 0.176. The summed E-state index contributed by atoms with van der Waals surface area (Å²) in [6.45, 7) is 2.46. The van der Waals surface area contributed by atoms with E-state index in [9.17, 15) is 4.79 Å². The molecule has 0 aromatic heterocycles. The van der Waals surface area contributed by atoms with Crippen LogP contribution in [-0.4, -0.2) is 43.5 Å². The van der Waals surface area contributed by atoms with Crippen molar-refractivity contribution in [1.29, 1.82) is 0 Å². The standard InChI is InChI=1S/C15H20ClNO2/c1-17(14-7-10-19-11-8-14)9-6-15(18)12-2-4-13(16)5-3-12/h2-5,14H,6-11H2,1H3. The maximum Gasteiger partial charge on any atom is 0.164 e. The average Bonchev–Trinajstić information content (AvgIpc) is 2.46. The van der Waals surface area contributed by atoms with Gasteiger partial charge in [0.05, 0.1) is 0 Å². The Labute approximate surface area is 119 Å². The van der Waals surface area contributed by atoms with Crippen LogP contribution >= 0.6 is 11.6 Å². The van der Waals surface area contributed by atoms with Gasteiger partial charge in [0.15, 0.2) is 5.78 Å². The molecule has 19 heavy (non-hydrogen) atoms. The van der Waals surface area contributed by atoms with Gasteiger partial charge in [-0.1, -0.05) is 11.6 Å². The molecular weight excluding hydrogens is 262 g/mol. The Kier molecular flexibility index (Phi) is 5.37. The van der Waals surface area contributed by atoms with E-state index >= 15 is 0 Å². The minimum atomic E-state index is 0.176. The predicted molar refractivity (Wildman–Crippen MR) is 76.9 cm³/mol. The van der Waals surface area contributed by atoms with Gasteiger partial charge in [-0.05, 0) is 44.2 Å². The molecule has 1 aromatic rings. The highest BCUT2D eigenvalue weighted by atomic mass is 35.5. The second-order valence-corrected chi connectivity index (χ2v) is 5.44. The van der Waals surface area contributed by atoms with E-state index in [-0.39, 0.29) is 5.78 Å². The highest BCUT2D eigenvalue weighted by molar-refractivity contribution is 6.30. The highest BCUT2D eigenvalue weighted by Gasteiger charge is 2.18. The van der Waals surface area contributed by atoms with Gasteiger partial charge >= 0.3 is 0 Å². The first-order valence-corrected chi connectivity index (χ1v) is 7.11. The van der Waals surface area contributed by atoms with E-state index in [2.05, 4.69) is 11.9 Å². The Balaban J connectivity index is 1.81. The second-order valence-electron chi connectivity index (χ2n) is 5.00. The summed E-state index contributed by atoms with van der Waals surface area (Å²) in [5.41, 5.74) is 0.741. The van der Waals surface area contributed by atoms with Crippen molar-refractivity contribution >= 4 is 17.4 Å². The quantitative estimate of drug-likeness (QED) is 0.777. The summed E-state index contributed by atoms with van der Waals surface area (Å²) in [6.07, 6.45) is 2.67. The Morgan fingerprint density at radius 3 is 2.58 bits per heavy atom. The summed E-state index contributed by atoms with van der Waals surface area (Å²) in [5, 5.41) is 0.663.